The third-order valence-electron chi connectivity index (χ3n) is 3.91. The Hall–Kier alpha value is -2.87. The molecule has 0 spiro atoms. The number of amides is 2. The van der Waals surface area contributed by atoms with Crippen molar-refractivity contribution in [2.45, 2.75) is 18.2 Å². The first-order valence-electron chi connectivity index (χ1n) is 7.57. The van der Waals surface area contributed by atoms with Crippen molar-refractivity contribution in [3.8, 4) is 0 Å². The van der Waals surface area contributed by atoms with Gasteiger partial charge in [-0.05, 0) is 48.0 Å². The molecule has 0 unspecified atom stereocenters. The molecule has 0 fully saturated rings. The molecule has 0 bridgehead atoms. The summed E-state index contributed by atoms with van der Waals surface area (Å²) in [5.74, 6) is -0.346. The van der Waals surface area contributed by atoms with E-state index in [2.05, 4.69) is 10.6 Å². The normalized spacial score (nSPS) is 13.1. The zero-order valence-corrected chi connectivity index (χ0v) is 14.6. The quantitative estimate of drug-likeness (QED) is 0.872. The van der Waals surface area contributed by atoms with Gasteiger partial charge in [-0.15, -0.1) is 0 Å². The third kappa shape index (κ3) is 3.34. The van der Waals surface area contributed by atoms with Crippen LogP contribution in [-0.4, -0.2) is 27.3 Å². The van der Waals surface area contributed by atoms with E-state index in [1.54, 1.807) is 30.3 Å². The standard InChI is InChI=1S/C17H17N3O4S/c1-11(21)18-13-3-5-14(6-4-13)20(2)25(23,24)15-7-8-16-12(9-15)10-17(22)19-16/h3-9H,10H2,1-2H3,(H,18,21)(H,19,22). The highest BCUT2D eigenvalue weighted by Crippen LogP contribution is 2.29. The molecule has 2 amide bonds. The summed E-state index contributed by atoms with van der Waals surface area (Å²) in [6, 6.07) is 11.1. The number of nitrogens with zero attached hydrogens (tertiary/aromatic N) is 1. The van der Waals surface area contributed by atoms with Crippen molar-refractivity contribution in [1.29, 1.82) is 0 Å². The molecular formula is C17H17N3O4S. The van der Waals surface area contributed by atoms with Gasteiger partial charge in [0, 0.05) is 25.3 Å². The topological polar surface area (TPSA) is 95.6 Å². The Bertz CT molecular complexity index is 952. The van der Waals surface area contributed by atoms with Gasteiger partial charge in [-0.2, -0.15) is 0 Å². The van der Waals surface area contributed by atoms with Gasteiger partial charge in [0.25, 0.3) is 10.0 Å². The zero-order valence-electron chi connectivity index (χ0n) is 13.7. The van der Waals surface area contributed by atoms with Gasteiger partial charge < -0.3 is 10.6 Å². The molecule has 0 radical (unpaired) electrons. The van der Waals surface area contributed by atoms with Crippen LogP contribution in [-0.2, 0) is 26.0 Å². The maximum Gasteiger partial charge on any atom is 0.264 e. The molecular weight excluding hydrogens is 342 g/mol. The summed E-state index contributed by atoms with van der Waals surface area (Å²) in [5, 5.41) is 5.30. The average Bonchev–Trinajstić information content (AvgIpc) is 2.93. The van der Waals surface area contributed by atoms with Crippen LogP contribution < -0.4 is 14.9 Å². The van der Waals surface area contributed by atoms with Crippen molar-refractivity contribution < 1.29 is 18.0 Å². The van der Waals surface area contributed by atoms with Crippen LogP contribution in [0.5, 0.6) is 0 Å². The number of hydrogen-bond acceptors (Lipinski definition) is 4. The van der Waals surface area contributed by atoms with Gasteiger partial charge >= 0.3 is 0 Å². The van der Waals surface area contributed by atoms with Crippen molar-refractivity contribution in [3.63, 3.8) is 0 Å². The second-order valence-corrected chi connectivity index (χ2v) is 7.71. The molecule has 7 nitrogen and oxygen atoms in total. The minimum Gasteiger partial charge on any atom is -0.326 e. The van der Waals surface area contributed by atoms with E-state index in [0.29, 0.717) is 22.6 Å². The summed E-state index contributed by atoms with van der Waals surface area (Å²) in [4.78, 5) is 22.6. The average molecular weight is 359 g/mol. The summed E-state index contributed by atoms with van der Waals surface area (Å²) in [6.45, 7) is 1.40. The molecule has 0 atom stereocenters. The van der Waals surface area contributed by atoms with E-state index in [1.165, 1.54) is 26.1 Å². The van der Waals surface area contributed by atoms with E-state index < -0.39 is 10.0 Å². The maximum atomic E-state index is 12.8. The Morgan fingerprint density at radius 1 is 1.16 bits per heavy atom. The van der Waals surface area contributed by atoms with E-state index in [1.807, 2.05) is 0 Å². The summed E-state index contributed by atoms with van der Waals surface area (Å²) >= 11 is 0. The first-order valence-corrected chi connectivity index (χ1v) is 9.01. The second kappa shape index (κ2) is 6.21. The van der Waals surface area contributed by atoms with E-state index in [4.69, 9.17) is 0 Å². The fourth-order valence-corrected chi connectivity index (χ4v) is 3.87. The first kappa shape index (κ1) is 17.0. The van der Waals surface area contributed by atoms with Crippen molar-refractivity contribution in [3.05, 3.63) is 48.0 Å². The lowest BCUT2D eigenvalue weighted by molar-refractivity contribution is -0.115. The molecule has 1 aliphatic heterocycles. The molecule has 2 aromatic carbocycles. The lowest BCUT2D eigenvalue weighted by Crippen LogP contribution is -2.26. The Balaban J connectivity index is 1.88. The maximum absolute atomic E-state index is 12.8. The molecule has 1 heterocycles. The van der Waals surface area contributed by atoms with Crippen LogP contribution in [0.25, 0.3) is 0 Å². The van der Waals surface area contributed by atoms with Gasteiger partial charge in [0.2, 0.25) is 11.8 Å². The molecule has 2 aromatic rings. The van der Waals surface area contributed by atoms with E-state index in [-0.39, 0.29) is 23.1 Å². The van der Waals surface area contributed by atoms with Crippen LogP contribution in [0.1, 0.15) is 12.5 Å². The van der Waals surface area contributed by atoms with Crippen molar-refractivity contribution in [2.75, 3.05) is 22.0 Å². The summed E-state index contributed by atoms with van der Waals surface area (Å²) < 4.78 is 26.8. The summed E-state index contributed by atoms with van der Waals surface area (Å²) in [6.07, 6.45) is 0.174. The number of rotatable bonds is 4. The Kier molecular flexibility index (Phi) is 4.22. The van der Waals surface area contributed by atoms with Crippen LogP contribution in [0.4, 0.5) is 17.1 Å². The smallest absolute Gasteiger partial charge is 0.264 e. The number of hydrogen-bond donors (Lipinski definition) is 2. The highest BCUT2D eigenvalue weighted by atomic mass is 32.2. The Morgan fingerprint density at radius 3 is 2.48 bits per heavy atom. The minimum absolute atomic E-state index is 0.121. The van der Waals surface area contributed by atoms with Crippen molar-refractivity contribution >= 4 is 38.9 Å². The molecule has 2 N–H and O–H groups in total. The highest BCUT2D eigenvalue weighted by molar-refractivity contribution is 7.92. The van der Waals surface area contributed by atoms with E-state index in [0.717, 1.165) is 4.31 Å². The molecule has 0 aromatic heterocycles. The van der Waals surface area contributed by atoms with Gasteiger partial charge in [-0.25, -0.2) is 8.42 Å². The van der Waals surface area contributed by atoms with Crippen molar-refractivity contribution in [2.24, 2.45) is 0 Å². The molecule has 130 valence electrons. The van der Waals surface area contributed by atoms with Gasteiger partial charge in [-0.3, -0.25) is 13.9 Å². The molecule has 3 rings (SSSR count). The predicted molar refractivity (Wildman–Crippen MR) is 95.1 cm³/mol. The van der Waals surface area contributed by atoms with Crippen LogP contribution in [0, 0.1) is 0 Å². The third-order valence-corrected chi connectivity index (χ3v) is 5.69. The molecule has 0 aliphatic carbocycles. The van der Waals surface area contributed by atoms with Crippen molar-refractivity contribution in [1.82, 2.24) is 0 Å². The van der Waals surface area contributed by atoms with Gasteiger partial charge in [0.15, 0.2) is 0 Å². The summed E-state index contributed by atoms with van der Waals surface area (Å²) in [5.41, 5.74) is 2.36. The number of anilines is 3. The van der Waals surface area contributed by atoms with E-state index in [9.17, 15) is 18.0 Å². The van der Waals surface area contributed by atoms with Crippen LogP contribution in [0.15, 0.2) is 47.4 Å². The number of carbonyl (C=O) groups is 2. The Labute approximate surface area is 145 Å². The first-order chi connectivity index (χ1) is 11.8. The predicted octanol–water partition coefficient (Wildman–Crippen LogP) is 1.96. The number of fused-ring (bicyclic) bond motifs is 1. The summed E-state index contributed by atoms with van der Waals surface area (Å²) in [7, 11) is -2.30. The molecule has 1 aliphatic rings. The number of nitrogens with one attached hydrogen (secondary N) is 2. The fourth-order valence-electron chi connectivity index (χ4n) is 2.62. The zero-order chi connectivity index (χ0) is 18.2. The van der Waals surface area contributed by atoms with Gasteiger partial charge in [0.1, 0.15) is 0 Å². The number of benzene rings is 2. The SMILES string of the molecule is CC(=O)Nc1ccc(N(C)S(=O)(=O)c2ccc3c(c2)CC(=O)N3)cc1. The lowest BCUT2D eigenvalue weighted by atomic mass is 10.2. The van der Waals surface area contributed by atoms with Crippen LogP contribution in [0.3, 0.4) is 0 Å². The molecule has 25 heavy (non-hydrogen) atoms. The molecule has 0 saturated heterocycles. The van der Waals surface area contributed by atoms with Gasteiger partial charge in [0.05, 0.1) is 17.0 Å². The number of carbonyl (C=O) groups excluding carboxylic acids is 2. The lowest BCUT2D eigenvalue weighted by Gasteiger charge is -2.20. The monoisotopic (exact) mass is 359 g/mol. The fraction of sp³-hybridized carbons (Fsp3) is 0.176. The second-order valence-electron chi connectivity index (χ2n) is 5.74. The van der Waals surface area contributed by atoms with Crippen LogP contribution in [0.2, 0.25) is 0 Å². The Morgan fingerprint density at radius 2 is 1.84 bits per heavy atom. The van der Waals surface area contributed by atoms with Gasteiger partial charge in [-0.1, -0.05) is 0 Å². The largest absolute Gasteiger partial charge is 0.326 e. The minimum atomic E-state index is -3.76. The van der Waals surface area contributed by atoms with E-state index >= 15 is 0 Å². The molecule has 0 saturated carbocycles. The number of sulfonamides is 1. The van der Waals surface area contributed by atoms with Crippen LogP contribution >= 0.6 is 0 Å². The molecule has 8 heteroatoms. The highest BCUT2D eigenvalue weighted by Gasteiger charge is 2.25.